The van der Waals surface area contributed by atoms with E-state index >= 15 is 0 Å². The van der Waals surface area contributed by atoms with Gasteiger partial charge in [0.05, 0.1) is 16.4 Å². The molecule has 0 fully saturated rings. The molecule has 8 aromatic rings. The maximum absolute atomic E-state index is 6.70. The van der Waals surface area contributed by atoms with Crippen LogP contribution in [0.25, 0.3) is 49.7 Å². The number of benzene rings is 7. The molecule has 1 aliphatic carbocycles. The normalized spacial score (nSPS) is 15.8. The summed E-state index contributed by atoms with van der Waals surface area (Å²) >= 11 is 0. The third kappa shape index (κ3) is 3.23. The molecule has 210 valence electrons. The summed E-state index contributed by atoms with van der Waals surface area (Å²) in [6.45, 7) is 0. The van der Waals surface area contributed by atoms with Crippen molar-refractivity contribution in [1.29, 1.82) is 0 Å². The van der Waals surface area contributed by atoms with Gasteiger partial charge in [-0.25, -0.2) is 0 Å². The topological polar surface area (TPSA) is 14.2 Å². The molecule has 0 saturated carbocycles. The molecule has 0 amide bonds. The van der Waals surface area contributed by atoms with Crippen LogP contribution in [0.5, 0.6) is 11.5 Å². The van der Waals surface area contributed by atoms with Crippen molar-refractivity contribution in [3.63, 3.8) is 0 Å². The molecule has 1 spiro atoms. The standard InChI is InChI=1S/C43H27NO/c1-3-13-28(14-4-1)29-23-24-42-38(25-29)43(36-20-10-12-22-41(36)45-42)35-19-9-7-17-31(35)33-27-40-34(26-37(33)43)32-18-8-11-21-39(32)44(40)30-15-5-2-6-16-30/h1-27H. The van der Waals surface area contributed by atoms with Gasteiger partial charge in [-0.3, -0.25) is 0 Å². The Bertz CT molecular complexity index is 2460. The molecule has 1 atom stereocenters. The van der Waals surface area contributed by atoms with Crippen LogP contribution in [0.15, 0.2) is 164 Å². The molecular weight excluding hydrogens is 546 g/mol. The fourth-order valence-electron chi connectivity index (χ4n) is 8.03. The van der Waals surface area contributed by atoms with Crippen molar-refractivity contribution in [2.24, 2.45) is 0 Å². The second-order valence-corrected chi connectivity index (χ2v) is 12.1. The Morgan fingerprint density at radius 3 is 1.96 bits per heavy atom. The van der Waals surface area contributed by atoms with Crippen LogP contribution >= 0.6 is 0 Å². The molecule has 0 saturated heterocycles. The SMILES string of the molecule is c1ccc(-c2ccc3c(c2)C2(c4ccccc4O3)c3ccccc3-c3cc4c(cc32)c2ccccc2n4-c2ccccc2)cc1. The minimum Gasteiger partial charge on any atom is -0.457 e. The molecule has 1 aliphatic heterocycles. The average molecular weight is 574 g/mol. The molecule has 1 aromatic heterocycles. The lowest BCUT2D eigenvalue weighted by atomic mass is 9.65. The maximum atomic E-state index is 6.70. The summed E-state index contributed by atoms with van der Waals surface area (Å²) in [7, 11) is 0. The van der Waals surface area contributed by atoms with Crippen LogP contribution in [-0.4, -0.2) is 4.57 Å². The van der Waals surface area contributed by atoms with E-state index < -0.39 is 5.41 Å². The van der Waals surface area contributed by atoms with E-state index in [0.717, 1.165) is 11.5 Å². The number of ether oxygens (including phenoxy) is 1. The van der Waals surface area contributed by atoms with Gasteiger partial charge in [-0.1, -0.05) is 115 Å². The summed E-state index contributed by atoms with van der Waals surface area (Å²) in [5.41, 5.74) is 12.9. The first kappa shape index (κ1) is 24.6. The highest BCUT2D eigenvalue weighted by molar-refractivity contribution is 6.12. The predicted molar refractivity (Wildman–Crippen MR) is 184 cm³/mol. The van der Waals surface area contributed by atoms with Gasteiger partial charge in [-0.05, 0) is 81.9 Å². The Labute approximate surface area is 261 Å². The van der Waals surface area contributed by atoms with Crippen LogP contribution < -0.4 is 4.74 Å². The number of fused-ring (bicyclic) bond motifs is 12. The van der Waals surface area contributed by atoms with E-state index in [4.69, 9.17) is 4.74 Å². The van der Waals surface area contributed by atoms with Crippen LogP contribution in [0.4, 0.5) is 0 Å². The van der Waals surface area contributed by atoms with Gasteiger partial charge in [0.1, 0.15) is 11.5 Å². The number of hydrogen-bond acceptors (Lipinski definition) is 1. The van der Waals surface area contributed by atoms with E-state index in [9.17, 15) is 0 Å². The lowest BCUT2D eigenvalue weighted by Crippen LogP contribution is -2.32. The lowest BCUT2D eigenvalue weighted by Gasteiger charge is -2.39. The molecular formula is C43H27NO. The fourth-order valence-corrected chi connectivity index (χ4v) is 8.03. The minimum absolute atomic E-state index is 0.537. The molecule has 2 heterocycles. The number of hydrogen-bond donors (Lipinski definition) is 0. The van der Waals surface area contributed by atoms with Gasteiger partial charge >= 0.3 is 0 Å². The highest BCUT2D eigenvalue weighted by atomic mass is 16.5. The summed E-state index contributed by atoms with van der Waals surface area (Å²) in [4.78, 5) is 0. The van der Waals surface area contributed by atoms with Crippen molar-refractivity contribution in [3.8, 4) is 39.4 Å². The molecule has 0 radical (unpaired) electrons. The summed E-state index contributed by atoms with van der Waals surface area (Å²) in [6.07, 6.45) is 0. The molecule has 0 bridgehead atoms. The molecule has 2 nitrogen and oxygen atoms in total. The lowest BCUT2D eigenvalue weighted by molar-refractivity contribution is 0.436. The number of para-hydroxylation sites is 3. The Morgan fingerprint density at radius 2 is 1.09 bits per heavy atom. The van der Waals surface area contributed by atoms with Crippen molar-refractivity contribution < 1.29 is 4.74 Å². The van der Waals surface area contributed by atoms with Crippen molar-refractivity contribution >= 4 is 21.8 Å². The van der Waals surface area contributed by atoms with E-state index in [1.807, 2.05) is 0 Å². The third-order valence-corrected chi connectivity index (χ3v) is 9.85. The van der Waals surface area contributed by atoms with Gasteiger partial charge in [0.25, 0.3) is 0 Å². The molecule has 45 heavy (non-hydrogen) atoms. The first-order valence-electron chi connectivity index (χ1n) is 15.5. The number of aromatic nitrogens is 1. The molecule has 1 unspecified atom stereocenters. The van der Waals surface area contributed by atoms with Gasteiger partial charge in [-0.15, -0.1) is 0 Å². The Kier molecular flexibility index (Phi) is 4.95. The molecule has 2 heteroatoms. The second kappa shape index (κ2) is 9.07. The van der Waals surface area contributed by atoms with E-state index in [1.54, 1.807) is 0 Å². The summed E-state index contributed by atoms with van der Waals surface area (Å²) in [5.74, 6) is 1.81. The Balaban J connectivity index is 1.37. The average Bonchev–Trinajstić information content (AvgIpc) is 3.58. The smallest absolute Gasteiger partial charge is 0.132 e. The quantitative estimate of drug-likeness (QED) is 0.201. The Morgan fingerprint density at radius 1 is 0.400 bits per heavy atom. The first-order valence-corrected chi connectivity index (χ1v) is 15.5. The zero-order chi connectivity index (χ0) is 29.5. The number of nitrogens with zero attached hydrogens (tertiary/aromatic N) is 1. The van der Waals surface area contributed by atoms with Gasteiger partial charge in [0.15, 0.2) is 0 Å². The van der Waals surface area contributed by atoms with Crippen LogP contribution in [0, 0.1) is 0 Å². The van der Waals surface area contributed by atoms with Crippen molar-refractivity contribution in [1.82, 2.24) is 4.57 Å². The van der Waals surface area contributed by atoms with Gasteiger partial charge in [-0.2, -0.15) is 0 Å². The van der Waals surface area contributed by atoms with E-state index in [1.165, 1.54) is 72.0 Å². The van der Waals surface area contributed by atoms with E-state index in [-0.39, 0.29) is 0 Å². The summed E-state index contributed by atoms with van der Waals surface area (Å²) in [5, 5.41) is 2.51. The molecule has 2 aliphatic rings. The Hall–Kier alpha value is -5.86. The van der Waals surface area contributed by atoms with Crippen LogP contribution in [-0.2, 0) is 5.41 Å². The zero-order valence-corrected chi connectivity index (χ0v) is 24.4. The van der Waals surface area contributed by atoms with Crippen LogP contribution in [0.3, 0.4) is 0 Å². The van der Waals surface area contributed by atoms with Crippen LogP contribution in [0.1, 0.15) is 22.3 Å². The molecule has 0 N–H and O–H groups in total. The molecule has 7 aromatic carbocycles. The predicted octanol–water partition coefficient (Wildman–Crippen LogP) is 10.9. The maximum Gasteiger partial charge on any atom is 0.132 e. The molecule has 10 rings (SSSR count). The van der Waals surface area contributed by atoms with Gasteiger partial charge in [0, 0.05) is 27.6 Å². The van der Waals surface area contributed by atoms with Crippen molar-refractivity contribution in [3.05, 3.63) is 186 Å². The highest BCUT2D eigenvalue weighted by Gasteiger charge is 2.51. The van der Waals surface area contributed by atoms with Crippen molar-refractivity contribution in [2.45, 2.75) is 5.41 Å². The summed E-state index contributed by atoms with van der Waals surface area (Å²) in [6, 6.07) is 59.4. The number of rotatable bonds is 2. The fraction of sp³-hybridized carbons (Fsp3) is 0.0233. The van der Waals surface area contributed by atoms with E-state index in [0.29, 0.717) is 0 Å². The van der Waals surface area contributed by atoms with Gasteiger partial charge in [0.2, 0.25) is 0 Å². The second-order valence-electron chi connectivity index (χ2n) is 12.1. The van der Waals surface area contributed by atoms with Crippen LogP contribution in [0.2, 0.25) is 0 Å². The highest BCUT2D eigenvalue weighted by Crippen LogP contribution is 2.63. The first-order chi connectivity index (χ1) is 22.3. The minimum atomic E-state index is -0.537. The largest absolute Gasteiger partial charge is 0.457 e. The third-order valence-electron chi connectivity index (χ3n) is 9.85. The monoisotopic (exact) mass is 573 g/mol. The summed E-state index contributed by atoms with van der Waals surface area (Å²) < 4.78 is 9.12. The van der Waals surface area contributed by atoms with E-state index in [2.05, 4.69) is 168 Å². The zero-order valence-electron chi connectivity index (χ0n) is 24.4. The van der Waals surface area contributed by atoms with Gasteiger partial charge < -0.3 is 9.30 Å². The van der Waals surface area contributed by atoms with Crippen molar-refractivity contribution in [2.75, 3.05) is 0 Å².